The van der Waals surface area contributed by atoms with Gasteiger partial charge in [0.15, 0.2) is 5.82 Å². The van der Waals surface area contributed by atoms with Crippen molar-refractivity contribution in [3.05, 3.63) is 48.3 Å². The molecule has 196 valence electrons. The number of nitrogens with one attached hydrogen (secondary N) is 1. The molecule has 2 saturated heterocycles. The number of piperidine rings is 1. The zero-order valence-electron chi connectivity index (χ0n) is 21.1. The first-order valence-electron chi connectivity index (χ1n) is 12.6. The van der Waals surface area contributed by atoms with Crippen molar-refractivity contribution < 1.29 is 17.9 Å². The number of pyridine rings is 1. The minimum Gasteiger partial charge on any atom is -0.374 e. The number of rotatable bonds is 6. The summed E-state index contributed by atoms with van der Waals surface area (Å²) < 4.78 is 31.1. The van der Waals surface area contributed by atoms with Crippen LogP contribution >= 0.6 is 0 Å². The standard InChI is InChI=1S/C26H32N6O4S/c1-18(33)31-11-7-20(8-12-31)19-3-5-21(6-4-19)23-15-24-25(28-10-9-27-24)26(30-23)29-16-22-17-32(13-14-36-22)37(2,34)35/h3-6,9-10,15,20,22H,7-8,11-14,16-17H2,1-2H3,(H,29,30)/t22-/m1/s1. The molecule has 0 spiro atoms. The lowest BCUT2D eigenvalue weighted by atomic mass is 9.89. The highest BCUT2D eigenvalue weighted by Crippen LogP contribution is 2.31. The molecule has 2 aliphatic heterocycles. The Morgan fingerprint density at radius 3 is 2.54 bits per heavy atom. The quantitative estimate of drug-likeness (QED) is 0.523. The third-order valence-corrected chi connectivity index (χ3v) is 8.41. The number of anilines is 1. The molecule has 0 radical (unpaired) electrons. The van der Waals surface area contributed by atoms with Gasteiger partial charge in [0.1, 0.15) is 5.52 Å². The molecule has 1 atom stereocenters. The average Bonchev–Trinajstić information content (AvgIpc) is 2.91. The molecule has 11 heteroatoms. The summed E-state index contributed by atoms with van der Waals surface area (Å²) in [5, 5.41) is 3.32. The topological polar surface area (TPSA) is 118 Å². The highest BCUT2D eigenvalue weighted by atomic mass is 32.2. The monoisotopic (exact) mass is 524 g/mol. The van der Waals surface area contributed by atoms with Gasteiger partial charge in [-0.3, -0.25) is 9.78 Å². The second kappa shape index (κ2) is 10.7. The Bertz CT molecular complexity index is 1370. The minimum atomic E-state index is -3.27. The molecular weight excluding hydrogens is 492 g/mol. The van der Waals surface area contributed by atoms with E-state index in [9.17, 15) is 13.2 Å². The number of morpholine rings is 1. The van der Waals surface area contributed by atoms with Crippen LogP contribution in [0.25, 0.3) is 22.3 Å². The van der Waals surface area contributed by atoms with E-state index in [2.05, 4.69) is 39.6 Å². The van der Waals surface area contributed by atoms with E-state index in [0.29, 0.717) is 43.5 Å². The number of carbonyl (C=O) groups is 1. The van der Waals surface area contributed by atoms with E-state index in [-0.39, 0.29) is 12.0 Å². The summed E-state index contributed by atoms with van der Waals surface area (Å²) in [7, 11) is -3.27. The van der Waals surface area contributed by atoms with Gasteiger partial charge in [0.25, 0.3) is 0 Å². The molecule has 2 aromatic heterocycles. The molecule has 4 heterocycles. The second-order valence-corrected chi connectivity index (χ2v) is 11.7. The molecule has 0 bridgehead atoms. The highest BCUT2D eigenvalue weighted by Gasteiger charge is 2.27. The van der Waals surface area contributed by atoms with Crippen molar-refractivity contribution in [3.63, 3.8) is 0 Å². The first-order valence-corrected chi connectivity index (χ1v) is 14.4. The number of hydrogen-bond donors (Lipinski definition) is 1. The maximum Gasteiger partial charge on any atom is 0.219 e. The summed E-state index contributed by atoms with van der Waals surface area (Å²) in [6.45, 7) is 4.64. The number of sulfonamides is 1. The van der Waals surface area contributed by atoms with Crippen LogP contribution in [0.5, 0.6) is 0 Å². The van der Waals surface area contributed by atoms with Crippen molar-refractivity contribution in [1.82, 2.24) is 24.2 Å². The molecule has 0 unspecified atom stereocenters. The second-order valence-electron chi connectivity index (χ2n) is 9.68. The maximum absolute atomic E-state index is 12.0. The fourth-order valence-electron chi connectivity index (χ4n) is 5.02. The molecule has 10 nitrogen and oxygen atoms in total. The number of benzene rings is 1. The minimum absolute atomic E-state index is 0.145. The van der Waals surface area contributed by atoms with Gasteiger partial charge in [0, 0.05) is 57.6 Å². The van der Waals surface area contributed by atoms with Crippen molar-refractivity contribution in [2.45, 2.75) is 31.8 Å². The number of hydrogen-bond acceptors (Lipinski definition) is 8. The van der Waals surface area contributed by atoms with Gasteiger partial charge in [-0.2, -0.15) is 4.31 Å². The van der Waals surface area contributed by atoms with Crippen LogP contribution in [0.1, 0.15) is 31.2 Å². The van der Waals surface area contributed by atoms with Crippen LogP contribution in [0, 0.1) is 0 Å². The van der Waals surface area contributed by atoms with E-state index in [1.807, 2.05) is 11.0 Å². The molecule has 1 N–H and O–H groups in total. The van der Waals surface area contributed by atoms with Crippen LogP contribution in [-0.2, 0) is 19.6 Å². The van der Waals surface area contributed by atoms with E-state index in [0.717, 1.165) is 42.7 Å². The molecule has 5 rings (SSSR count). The smallest absolute Gasteiger partial charge is 0.219 e. The van der Waals surface area contributed by atoms with Crippen molar-refractivity contribution in [1.29, 1.82) is 0 Å². The van der Waals surface area contributed by atoms with Gasteiger partial charge in [-0.25, -0.2) is 18.4 Å². The lowest BCUT2D eigenvalue weighted by molar-refractivity contribution is -0.129. The number of aromatic nitrogens is 3. The van der Waals surface area contributed by atoms with E-state index < -0.39 is 10.0 Å². The fraction of sp³-hybridized carbons (Fsp3) is 0.462. The molecule has 2 fully saturated rings. The molecule has 1 amide bonds. The summed E-state index contributed by atoms with van der Waals surface area (Å²) in [6, 6.07) is 10.4. The number of carbonyl (C=O) groups excluding carboxylic acids is 1. The van der Waals surface area contributed by atoms with Crippen molar-refractivity contribution >= 4 is 32.8 Å². The van der Waals surface area contributed by atoms with Gasteiger partial charge in [-0.15, -0.1) is 0 Å². The number of fused-ring (bicyclic) bond motifs is 1. The summed E-state index contributed by atoms with van der Waals surface area (Å²) in [4.78, 5) is 27.3. The molecule has 3 aromatic rings. The predicted molar refractivity (Wildman–Crippen MR) is 142 cm³/mol. The third kappa shape index (κ3) is 5.89. The fourth-order valence-corrected chi connectivity index (χ4v) is 5.87. The molecule has 0 aliphatic carbocycles. The normalized spacial score (nSPS) is 19.7. The van der Waals surface area contributed by atoms with Crippen LogP contribution in [-0.4, -0.2) is 90.2 Å². The average molecular weight is 525 g/mol. The van der Waals surface area contributed by atoms with Gasteiger partial charge in [-0.05, 0) is 30.4 Å². The molecule has 2 aliphatic rings. The van der Waals surface area contributed by atoms with Crippen molar-refractivity contribution in [2.24, 2.45) is 0 Å². The van der Waals surface area contributed by atoms with E-state index >= 15 is 0 Å². The SMILES string of the molecule is CC(=O)N1CCC(c2ccc(-c3cc4nccnc4c(NC[C@@H]4CN(S(C)(=O)=O)CCO4)n3)cc2)CC1. The Labute approximate surface area is 217 Å². The molecular formula is C26H32N6O4S. The lowest BCUT2D eigenvalue weighted by Gasteiger charge is -2.31. The summed E-state index contributed by atoms with van der Waals surface area (Å²) in [6.07, 6.45) is 6.14. The Morgan fingerprint density at radius 1 is 1.11 bits per heavy atom. The van der Waals surface area contributed by atoms with Crippen LogP contribution in [0.3, 0.4) is 0 Å². The van der Waals surface area contributed by atoms with Crippen LogP contribution in [0.4, 0.5) is 5.82 Å². The highest BCUT2D eigenvalue weighted by molar-refractivity contribution is 7.88. The van der Waals surface area contributed by atoms with Gasteiger partial charge in [0.2, 0.25) is 15.9 Å². The zero-order valence-corrected chi connectivity index (χ0v) is 21.9. The molecule has 0 saturated carbocycles. The number of ether oxygens (including phenoxy) is 1. The lowest BCUT2D eigenvalue weighted by Crippen LogP contribution is -2.47. The van der Waals surface area contributed by atoms with E-state index in [1.165, 1.54) is 16.1 Å². The zero-order chi connectivity index (χ0) is 26.0. The molecule has 1 aromatic carbocycles. The summed E-state index contributed by atoms with van der Waals surface area (Å²) >= 11 is 0. The van der Waals surface area contributed by atoms with E-state index in [1.54, 1.807) is 19.3 Å². The van der Waals surface area contributed by atoms with Crippen molar-refractivity contribution in [2.75, 3.05) is 50.9 Å². The maximum atomic E-state index is 12.0. The van der Waals surface area contributed by atoms with Crippen LogP contribution in [0.15, 0.2) is 42.7 Å². The molecule has 37 heavy (non-hydrogen) atoms. The Kier molecular flexibility index (Phi) is 7.36. The predicted octanol–water partition coefficient (Wildman–Crippen LogP) is 2.49. The van der Waals surface area contributed by atoms with Crippen LogP contribution < -0.4 is 5.32 Å². The number of amides is 1. The first-order chi connectivity index (χ1) is 17.8. The number of likely N-dealkylation sites (tertiary alicyclic amines) is 1. The summed E-state index contributed by atoms with van der Waals surface area (Å²) in [5.74, 6) is 1.17. The Balaban J connectivity index is 1.33. The Morgan fingerprint density at radius 2 is 1.84 bits per heavy atom. The van der Waals surface area contributed by atoms with Crippen molar-refractivity contribution in [3.8, 4) is 11.3 Å². The van der Waals surface area contributed by atoms with Gasteiger partial charge >= 0.3 is 0 Å². The van der Waals surface area contributed by atoms with Gasteiger partial charge < -0.3 is 15.0 Å². The van der Waals surface area contributed by atoms with Crippen LogP contribution in [0.2, 0.25) is 0 Å². The number of nitrogens with zero attached hydrogens (tertiary/aromatic N) is 5. The van der Waals surface area contributed by atoms with Gasteiger partial charge in [-0.1, -0.05) is 24.3 Å². The van der Waals surface area contributed by atoms with E-state index in [4.69, 9.17) is 9.72 Å². The first kappa shape index (κ1) is 25.5. The largest absolute Gasteiger partial charge is 0.374 e. The Hall–Kier alpha value is -3.15. The summed E-state index contributed by atoms with van der Waals surface area (Å²) in [5.41, 5.74) is 4.39. The third-order valence-electron chi connectivity index (χ3n) is 7.14. The van der Waals surface area contributed by atoms with Gasteiger partial charge in [0.05, 0.1) is 30.2 Å².